The van der Waals surface area contributed by atoms with Gasteiger partial charge in [0.05, 0.1) is 0 Å². The predicted molar refractivity (Wildman–Crippen MR) is 64.4 cm³/mol. The van der Waals surface area contributed by atoms with Crippen molar-refractivity contribution in [1.82, 2.24) is 9.88 Å². The summed E-state index contributed by atoms with van der Waals surface area (Å²) in [5, 5.41) is 0. The van der Waals surface area contributed by atoms with E-state index in [1.54, 1.807) is 0 Å². The molecule has 1 aromatic rings. The van der Waals surface area contributed by atoms with Gasteiger partial charge in [-0.2, -0.15) is 0 Å². The number of hydrogen-bond donors (Lipinski definition) is 1. The van der Waals surface area contributed by atoms with Crippen LogP contribution in [0.2, 0.25) is 0 Å². The van der Waals surface area contributed by atoms with Crippen molar-refractivity contribution in [1.29, 1.82) is 0 Å². The maximum atomic E-state index is 5.66. The first-order chi connectivity index (χ1) is 7.28. The molecule has 4 heteroatoms. The molecule has 1 aromatic heterocycles. The minimum Gasteiger partial charge on any atom is -0.330 e. The molecule has 0 spiro atoms. The van der Waals surface area contributed by atoms with E-state index in [4.69, 9.17) is 5.73 Å². The Hall–Kier alpha value is -0.450. The highest BCUT2D eigenvalue weighted by molar-refractivity contribution is 9.10. The van der Waals surface area contributed by atoms with Gasteiger partial charge in [0.25, 0.3) is 0 Å². The second-order valence-corrected chi connectivity index (χ2v) is 4.93. The summed E-state index contributed by atoms with van der Waals surface area (Å²) in [6, 6.07) is 4.11. The predicted octanol–water partition coefficient (Wildman–Crippen LogP) is 1.62. The highest BCUT2D eigenvalue weighted by Gasteiger charge is 2.20. The van der Waals surface area contributed by atoms with E-state index in [9.17, 15) is 0 Å². The van der Waals surface area contributed by atoms with Crippen molar-refractivity contribution in [2.24, 2.45) is 11.7 Å². The highest BCUT2D eigenvalue weighted by Crippen LogP contribution is 2.17. The van der Waals surface area contributed by atoms with Gasteiger partial charge in [0.2, 0.25) is 0 Å². The Balaban J connectivity index is 1.90. The first kappa shape index (κ1) is 11.0. The summed E-state index contributed by atoms with van der Waals surface area (Å²) in [6.45, 7) is 4.11. The van der Waals surface area contributed by atoms with Crippen molar-refractivity contribution in [2.75, 3.05) is 19.6 Å². The van der Waals surface area contributed by atoms with Gasteiger partial charge in [0.15, 0.2) is 0 Å². The Morgan fingerprint density at radius 1 is 1.53 bits per heavy atom. The lowest BCUT2D eigenvalue weighted by Crippen LogP contribution is -2.22. The molecule has 15 heavy (non-hydrogen) atoms. The van der Waals surface area contributed by atoms with Crippen LogP contribution >= 0.6 is 15.9 Å². The molecule has 0 bridgehead atoms. The zero-order chi connectivity index (χ0) is 10.7. The fourth-order valence-corrected chi connectivity index (χ4v) is 2.24. The van der Waals surface area contributed by atoms with E-state index < -0.39 is 0 Å². The molecule has 2 rings (SSSR count). The Bertz CT molecular complexity index is 312. The number of pyridine rings is 1. The van der Waals surface area contributed by atoms with Gasteiger partial charge in [-0.25, -0.2) is 4.98 Å². The van der Waals surface area contributed by atoms with Gasteiger partial charge in [0, 0.05) is 19.3 Å². The minimum absolute atomic E-state index is 0.688. The molecule has 3 nitrogen and oxygen atoms in total. The van der Waals surface area contributed by atoms with Gasteiger partial charge < -0.3 is 5.73 Å². The van der Waals surface area contributed by atoms with Crippen LogP contribution in [0.3, 0.4) is 0 Å². The van der Waals surface area contributed by atoms with E-state index in [0.717, 1.165) is 30.8 Å². The number of likely N-dealkylation sites (tertiary alicyclic amines) is 1. The summed E-state index contributed by atoms with van der Waals surface area (Å²) < 4.78 is 0.896. The van der Waals surface area contributed by atoms with E-state index in [1.165, 1.54) is 12.0 Å². The topological polar surface area (TPSA) is 42.1 Å². The van der Waals surface area contributed by atoms with Crippen LogP contribution in [0.25, 0.3) is 0 Å². The molecule has 1 fully saturated rings. The van der Waals surface area contributed by atoms with Crippen LogP contribution in [0.5, 0.6) is 0 Å². The van der Waals surface area contributed by atoms with Crippen LogP contribution < -0.4 is 5.73 Å². The molecule has 1 aliphatic heterocycles. The summed E-state index contributed by atoms with van der Waals surface area (Å²) in [5.74, 6) is 0.688. The molecule has 1 saturated heterocycles. The summed E-state index contributed by atoms with van der Waals surface area (Å²) in [7, 11) is 0. The molecule has 0 aromatic carbocycles. The monoisotopic (exact) mass is 269 g/mol. The maximum absolute atomic E-state index is 5.66. The molecule has 0 saturated carbocycles. The van der Waals surface area contributed by atoms with Crippen LogP contribution in [0.4, 0.5) is 0 Å². The third kappa shape index (κ3) is 3.00. The molecule has 2 N–H and O–H groups in total. The smallest absolute Gasteiger partial charge is 0.106 e. The van der Waals surface area contributed by atoms with Crippen LogP contribution in [0, 0.1) is 5.92 Å². The molecule has 0 unspecified atom stereocenters. The third-order valence-electron chi connectivity index (χ3n) is 2.90. The molecule has 1 aliphatic rings. The first-order valence-corrected chi connectivity index (χ1v) is 6.10. The van der Waals surface area contributed by atoms with E-state index in [2.05, 4.69) is 31.9 Å². The number of nitrogens with zero attached hydrogens (tertiary/aromatic N) is 2. The standard InChI is InChI=1S/C11H16BrN3/c12-11-2-1-10(6-14-11)8-15-4-3-9(5-13)7-15/h1-2,6,9H,3-5,7-8,13H2/t9-/m1/s1. The van der Waals surface area contributed by atoms with E-state index in [0.29, 0.717) is 5.92 Å². The summed E-state index contributed by atoms with van der Waals surface area (Å²) in [6.07, 6.45) is 3.17. The fraction of sp³-hybridized carbons (Fsp3) is 0.545. The van der Waals surface area contributed by atoms with Crippen molar-refractivity contribution in [3.8, 4) is 0 Å². The number of nitrogens with two attached hydrogens (primary N) is 1. The van der Waals surface area contributed by atoms with Crippen molar-refractivity contribution in [3.05, 3.63) is 28.5 Å². The molecule has 0 aliphatic carbocycles. The van der Waals surface area contributed by atoms with Crippen molar-refractivity contribution >= 4 is 15.9 Å². The number of rotatable bonds is 3. The van der Waals surface area contributed by atoms with Gasteiger partial charge in [-0.1, -0.05) is 6.07 Å². The normalized spacial score (nSPS) is 22.1. The van der Waals surface area contributed by atoms with Gasteiger partial charge in [-0.05, 0) is 53.0 Å². The van der Waals surface area contributed by atoms with Gasteiger partial charge >= 0.3 is 0 Å². The van der Waals surface area contributed by atoms with E-state index in [1.807, 2.05) is 12.3 Å². The molecule has 0 amide bonds. The lowest BCUT2D eigenvalue weighted by molar-refractivity contribution is 0.317. The van der Waals surface area contributed by atoms with E-state index >= 15 is 0 Å². The molecular weight excluding hydrogens is 254 g/mol. The Labute approximate surface area is 98.8 Å². The third-order valence-corrected chi connectivity index (χ3v) is 3.37. The lowest BCUT2D eigenvalue weighted by Gasteiger charge is -2.15. The molecule has 0 radical (unpaired) electrons. The Kier molecular flexibility index (Phi) is 3.72. The van der Waals surface area contributed by atoms with Crippen molar-refractivity contribution in [3.63, 3.8) is 0 Å². The highest BCUT2D eigenvalue weighted by atomic mass is 79.9. The van der Waals surface area contributed by atoms with E-state index in [-0.39, 0.29) is 0 Å². The molecule has 1 atom stereocenters. The van der Waals surface area contributed by atoms with Gasteiger partial charge in [-0.15, -0.1) is 0 Å². The van der Waals surface area contributed by atoms with Crippen molar-refractivity contribution < 1.29 is 0 Å². The summed E-state index contributed by atoms with van der Waals surface area (Å²) in [5.41, 5.74) is 6.94. The average Bonchev–Trinajstić information content (AvgIpc) is 2.69. The maximum Gasteiger partial charge on any atom is 0.106 e. The number of halogens is 1. The largest absolute Gasteiger partial charge is 0.330 e. The number of aromatic nitrogens is 1. The first-order valence-electron chi connectivity index (χ1n) is 5.31. The summed E-state index contributed by atoms with van der Waals surface area (Å²) >= 11 is 3.34. The second kappa shape index (κ2) is 5.05. The SMILES string of the molecule is NC[C@H]1CCN(Cc2ccc(Br)nc2)C1. The number of hydrogen-bond acceptors (Lipinski definition) is 3. The van der Waals surface area contributed by atoms with Crippen LogP contribution in [-0.4, -0.2) is 29.5 Å². The second-order valence-electron chi connectivity index (χ2n) is 4.11. The Morgan fingerprint density at radius 2 is 2.40 bits per heavy atom. The molecule has 82 valence electrons. The van der Waals surface area contributed by atoms with Crippen LogP contribution in [-0.2, 0) is 6.54 Å². The summed E-state index contributed by atoms with van der Waals surface area (Å²) in [4.78, 5) is 6.67. The van der Waals surface area contributed by atoms with Crippen LogP contribution in [0.1, 0.15) is 12.0 Å². The lowest BCUT2D eigenvalue weighted by atomic mass is 10.1. The molecule has 2 heterocycles. The van der Waals surface area contributed by atoms with Crippen LogP contribution in [0.15, 0.2) is 22.9 Å². The zero-order valence-electron chi connectivity index (χ0n) is 8.69. The van der Waals surface area contributed by atoms with Crippen molar-refractivity contribution in [2.45, 2.75) is 13.0 Å². The molecular formula is C11H16BrN3. The average molecular weight is 270 g/mol. The van der Waals surface area contributed by atoms with Gasteiger partial charge in [0.1, 0.15) is 4.60 Å². The minimum atomic E-state index is 0.688. The zero-order valence-corrected chi connectivity index (χ0v) is 10.3. The Morgan fingerprint density at radius 3 is 3.00 bits per heavy atom. The quantitative estimate of drug-likeness (QED) is 0.849. The van der Waals surface area contributed by atoms with Gasteiger partial charge in [-0.3, -0.25) is 4.90 Å². The fourth-order valence-electron chi connectivity index (χ4n) is 2.01.